The van der Waals surface area contributed by atoms with Gasteiger partial charge in [0.2, 0.25) is 11.4 Å². The highest BCUT2D eigenvalue weighted by atomic mass is 15.4. The van der Waals surface area contributed by atoms with Crippen LogP contribution in [0.15, 0.2) is 136 Å². The lowest BCUT2D eigenvalue weighted by atomic mass is 10.0. The average molecular weight is 524 g/mol. The van der Waals surface area contributed by atoms with Gasteiger partial charge in [0.05, 0.1) is 22.8 Å². The second kappa shape index (κ2) is 9.65. The molecule has 5 aliphatic rings. The molecule has 40 heavy (non-hydrogen) atoms. The predicted molar refractivity (Wildman–Crippen MR) is 164 cm³/mol. The molecule has 0 unspecified atom stereocenters. The van der Waals surface area contributed by atoms with Crippen LogP contribution in [0.2, 0.25) is 0 Å². The van der Waals surface area contributed by atoms with Crippen molar-refractivity contribution in [2.45, 2.75) is 13.8 Å². The highest BCUT2D eigenvalue weighted by Crippen LogP contribution is 2.33. The minimum atomic E-state index is 0.876. The summed E-state index contributed by atoms with van der Waals surface area (Å²) >= 11 is 0. The van der Waals surface area contributed by atoms with E-state index in [1.54, 1.807) is 0 Å². The molecule has 6 heterocycles. The highest BCUT2D eigenvalue weighted by Gasteiger charge is 2.34. The first-order chi connectivity index (χ1) is 19.6. The van der Waals surface area contributed by atoms with Gasteiger partial charge >= 0.3 is 0 Å². The van der Waals surface area contributed by atoms with E-state index in [4.69, 9.17) is 9.98 Å². The van der Waals surface area contributed by atoms with Gasteiger partial charge in [0.25, 0.3) is 0 Å². The van der Waals surface area contributed by atoms with E-state index in [1.807, 2.05) is 6.07 Å². The molecule has 0 atom stereocenters. The number of fused-ring (bicyclic) bond motifs is 5. The second-order valence-electron chi connectivity index (χ2n) is 10.1. The number of allylic oxidation sites excluding steroid dienone is 8. The summed E-state index contributed by atoms with van der Waals surface area (Å²) in [4.78, 5) is 18.4. The van der Waals surface area contributed by atoms with Gasteiger partial charge in [-0.25, -0.2) is 9.98 Å². The number of aliphatic imine (C=N–C) groups is 2. The third-order valence-corrected chi connectivity index (χ3v) is 7.77. The Morgan fingerprint density at radius 3 is 2.35 bits per heavy atom. The summed E-state index contributed by atoms with van der Waals surface area (Å²) in [6.07, 6.45) is 21.4. The molecule has 0 amide bonds. The maximum Gasteiger partial charge on any atom is 0.218 e. The van der Waals surface area contributed by atoms with Crippen molar-refractivity contribution in [3.63, 3.8) is 0 Å². The van der Waals surface area contributed by atoms with Gasteiger partial charge < -0.3 is 14.8 Å². The summed E-state index contributed by atoms with van der Waals surface area (Å²) in [6, 6.07) is 14.7. The molecule has 6 nitrogen and oxygen atoms in total. The lowest BCUT2D eigenvalue weighted by Crippen LogP contribution is -2.30. The summed E-state index contributed by atoms with van der Waals surface area (Å²) in [5, 5.41) is 0. The third kappa shape index (κ3) is 4.00. The van der Waals surface area contributed by atoms with E-state index < -0.39 is 0 Å². The molecule has 0 saturated carbocycles. The van der Waals surface area contributed by atoms with Gasteiger partial charge in [-0.1, -0.05) is 30.3 Å². The van der Waals surface area contributed by atoms with Crippen molar-refractivity contribution in [2.24, 2.45) is 9.98 Å². The maximum atomic E-state index is 5.14. The van der Waals surface area contributed by atoms with Crippen LogP contribution in [0.1, 0.15) is 30.8 Å². The van der Waals surface area contributed by atoms with E-state index in [0.29, 0.717) is 0 Å². The predicted octanol–water partition coefficient (Wildman–Crippen LogP) is 6.03. The summed E-state index contributed by atoms with van der Waals surface area (Å²) in [6.45, 7) is 6.12. The minimum Gasteiger partial charge on any atom is -0.355 e. The number of nitrogens with one attached hydrogen (secondary N) is 1. The molecule has 1 aromatic heterocycles. The summed E-state index contributed by atoms with van der Waals surface area (Å²) in [5.74, 6) is 1.15. The Morgan fingerprint density at radius 2 is 1.57 bits per heavy atom. The summed E-state index contributed by atoms with van der Waals surface area (Å²) in [7, 11) is 2.13. The number of hydrogen-bond acceptors (Lipinski definition) is 4. The fourth-order valence-corrected chi connectivity index (χ4v) is 5.74. The van der Waals surface area contributed by atoms with Crippen molar-refractivity contribution < 1.29 is 4.58 Å². The normalized spacial score (nSPS) is 19.4. The molecule has 0 aliphatic carbocycles. The van der Waals surface area contributed by atoms with Crippen LogP contribution < -0.4 is 0 Å². The maximum absolute atomic E-state index is 5.14. The molecule has 0 saturated heterocycles. The molecule has 8 bridgehead atoms. The molecule has 1 aromatic carbocycles. The number of aromatic amines is 1. The van der Waals surface area contributed by atoms with Crippen molar-refractivity contribution in [2.75, 3.05) is 20.1 Å². The molecule has 0 radical (unpaired) electrons. The molecule has 2 aromatic rings. The molecule has 0 fully saturated rings. The van der Waals surface area contributed by atoms with Crippen LogP contribution in [-0.4, -0.2) is 56.6 Å². The van der Waals surface area contributed by atoms with Gasteiger partial charge in [-0.2, -0.15) is 4.58 Å². The summed E-state index contributed by atoms with van der Waals surface area (Å²) in [5.41, 5.74) is 11.3. The first-order valence-electron chi connectivity index (χ1n) is 13.8. The molecular weight excluding hydrogens is 492 g/mol. The van der Waals surface area contributed by atoms with E-state index in [1.165, 1.54) is 0 Å². The zero-order valence-electron chi connectivity index (χ0n) is 23.0. The van der Waals surface area contributed by atoms with Crippen LogP contribution in [0.5, 0.6) is 0 Å². The molecule has 6 heteroatoms. The fourth-order valence-electron chi connectivity index (χ4n) is 5.74. The van der Waals surface area contributed by atoms with E-state index in [-0.39, 0.29) is 0 Å². The Morgan fingerprint density at radius 1 is 0.775 bits per heavy atom. The van der Waals surface area contributed by atoms with E-state index in [9.17, 15) is 0 Å². The molecule has 0 spiro atoms. The lowest BCUT2D eigenvalue weighted by molar-refractivity contribution is -0.433. The third-order valence-electron chi connectivity index (χ3n) is 7.77. The number of hydrogen-bond donors (Lipinski definition) is 1. The van der Waals surface area contributed by atoms with E-state index in [2.05, 4.69) is 138 Å². The number of benzene rings is 1. The van der Waals surface area contributed by atoms with Crippen LogP contribution >= 0.6 is 0 Å². The fraction of sp³-hybridized carbons (Fsp3) is 0.147. The Hall–Kier alpha value is -4.97. The monoisotopic (exact) mass is 523 g/mol. The van der Waals surface area contributed by atoms with Crippen LogP contribution in [0.3, 0.4) is 0 Å². The van der Waals surface area contributed by atoms with Crippen molar-refractivity contribution in [1.29, 1.82) is 0 Å². The van der Waals surface area contributed by atoms with Crippen molar-refractivity contribution in [3.8, 4) is 0 Å². The number of nitrogens with zero attached hydrogens (tertiary/aromatic N) is 5. The number of aromatic nitrogens is 1. The van der Waals surface area contributed by atoms with Gasteiger partial charge in [-0.15, -0.1) is 0 Å². The molecule has 5 aliphatic heterocycles. The Bertz CT molecular complexity index is 1740. The highest BCUT2D eigenvalue weighted by molar-refractivity contribution is 6.32. The van der Waals surface area contributed by atoms with Crippen molar-refractivity contribution in [1.82, 2.24) is 14.8 Å². The molecule has 7 rings (SSSR count). The van der Waals surface area contributed by atoms with Gasteiger partial charge in [0.15, 0.2) is 0 Å². The number of likely N-dealkylation sites (N-methyl/N-ethyl adjacent to an activating group) is 1. The summed E-state index contributed by atoms with van der Waals surface area (Å²) < 4.78 is 2.25. The SMILES string of the molecule is CCN1C=CN(CC)C1=C1C2=NC(=Cc3ccc([nH]3)C(c3ccccc3)=C3C=CC(=N3)C=C3C=CC1=[N+]3C)C=C2. The van der Waals surface area contributed by atoms with Crippen molar-refractivity contribution >= 4 is 28.8 Å². The lowest BCUT2D eigenvalue weighted by Gasteiger charge is -2.25. The van der Waals surface area contributed by atoms with Crippen LogP contribution in [0, 0.1) is 0 Å². The minimum absolute atomic E-state index is 0.876. The zero-order chi connectivity index (χ0) is 27.2. The largest absolute Gasteiger partial charge is 0.355 e. The van der Waals surface area contributed by atoms with Crippen molar-refractivity contribution in [3.05, 3.63) is 143 Å². The van der Waals surface area contributed by atoms with Gasteiger partial charge in [0.1, 0.15) is 18.4 Å². The Kier molecular flexibility index (Phi) is 5.81. The van der Waals surface area contributed by atoms with Gasteiger partial charge in [-0.05, 0) is 61.9 Å². The first-order valence-corrected chi connectivity index (χ1v) is 13.8. The second-order valence-corrected chi connectivity index (χ2v) is 10.1. The van der Waals surface area contributed by atoms with E-state index >= 15 is 0 Å². The molecule has 1 N–H and O–H groups in total. The Balaban J connectivity index is 1.48. The van der Waals surface area contributed by atoms with Crippen LogP contribution in [0.25, 0.3) is 11.6 Å². The van der Waals surface area contributed by atoms with Gasteiger partial charge in [-0.3, -0.25) is 0 Å². The van der Waals surface area contributed by atoms with Crippen LogP contribution in [-0.2, 0) is 0 Å². The Labute approximate surface area is 234 Å². The quantitative estimate of drug-likeness (QED) is 0.500. The first kappa shape index (κ1) is 24.1. The average Bonchev–Trinajstić information content (AvgIpc) is 3.81. The molecular formula is C34H31N6+. The zero-order valence-corrected chi connectivity index (χ0v) is 23.0. The smallest absolute Gasteiger partial charge is 0.218 e. The van der Waals surface area contributed by atoms with Gasteiger partial charge in [0, 0.05) is 60.7 Å². The van der Waals surface area contributed by atoms with E-state index in [0.717, 1.165) is 81.2 Å². The number of H-pyrrole nitrogens is 1. The van der Waals surface area contributed by atoms with Crippen LogP contribution in [0.4, 0.5) is 0 Å². The molecule has 196 valence electrons. The number of rotatable bonds is 3. The topological polar surface area (TPSA) is 50.0 Å². The standard InChI is InChI=1S/C34H30N6/c1-4-39-19-20-40(5-2)34(39)33-30-17-12-25(36-30)21-24-11-15-28(35-24)32(23-9-7-6-8-10-23)29-16-13-26(37-29)22-27-14-18-31(33)38(27)3/h6-22H,4-5H2,1-3H3/p+1.